The molecule has 5 heteroatoms. The minimum Gasteiger partial charge on any atom is -0.311 e. The molecule has 348 valence electrons. The number of thiophene rings is 1. The highest BCUT2D eigenvalue weighted by Crippen LogP contribution is 2.53. The molecule has 3 nitrogen and oxygen atoms in total. The lowest BCUT2D eigenvalue weighted by atomic mass is 9.36. The number of nitrogens with zero attached hydrogens (tertiary/aromatic N) is 3. The summed E-state index contributed by atoms with van der Waals surface area (Å²) in [4.78, 5) is 7.72. The Morgan fingerprint density at radius 1 is 0.478 bits per heavy atom. The normalized spacial score (nSPS) is 15.9. The monoisotopic (exact) mass is 922 g/mol. The zero-order valence-corrected chi connectivity index (χ0v) is 44.0. The van der Waals surface area contributed by atoms with Crippen molar-refractivity contribution < 1.29 is 0 Å². The predicted molar refractivity (Wildman–Crippen MR) is 302 cm³/mol. The quantitative estimate of drug-likeness (QED) is 0.159. The fraction of sp³-hybridized carbons (Fsp3) is 0.312. The molecule has 0 atom stereocenters. The second-order valence-electron chi connectivity index (χ2n) is 24.6. The van der Waals surface area contributed by atoms with Crippen LogP contribution < -0.4 is 30.4 Å². The summed E-state index contributed by atoms with van der Waals surface area (Å²) in [6, 6.07) is 58.4. The lowest BCUT2D eigenvalue weighted by Crippen LogP contribution is -2.60. The van der Waals surface area contributed by atoms with Gasteiger partial charge in [-0.25, -0.2) is 0 Å². The Morgan fingerprint density at radius 2 is 1.03 bits per heavy atom. The summed E-state index contributed by atoms with van der Waals surface area (Å²) in [5, 5.41) is 1.34. The third kappa shape index (κ3) is 7.53. The maximum Gasteiger partial charge on any atom is 0.264 e. The van der Waals surface area contributed by atoms with Gasteiger partial charge in [-0.2, -0.15) is 0 Å². The summed E-state index contributed by atoms with van der Waals surface area (Å²) in [5.74, 6) is 0. The Morgan fingerprint density at radius 3 is 1.62 bits per heavy atom. The van der Waals surface area contributed by atoms with Crippen LogP contribution in [0.4, 0.5) is 51.2 Å². The second-order valence-corrected chi connectivity index (χ2v) is 25.7. The average Bonchev–Trinajstić information content (AvgIpc) is 3.69. The van der Waals surface area contributed by atoms with E-state index in [-0.39, 0.29) is 33.8 Å². The number of hydrogen-bond acceptors (Lipinski definition) is 4. The SMILES string of the molecule is CC(C)(C)c1ccc(N2c3cc(N(c4ccccc4)c4ccccc4)ccc3B3c4sc5ccc(C(C)(C)C)cc5c4N(c4ccc5c(c4)C(C)(C)CCC5(C)C)c4cc(C(C)(C)C)cc2c43)cc1. The zero-order chi connectivity index (χ0) is 48.6. The van der Waals surface area contributed by atoms with Crippen LogP contribution in [0, 0.1) is 0 Å². The molecule has 0 spiro atoms. The van der Waals surface area contributed by atoms with Gasteiger partial charge in [0.25, 0.3) is 6.71 Å². The van der Waals surface area contributed by atoms with Crippen LogP contribution in [-0.2, 0) is 27.1 Å². The van der Waals surface area contributed by atoms with E-state index in [2.05, 4.69) is 256 Å². The van der Waals surface area contributed by atoms with Gasteiger partial charge in [-0.1, -0.05) is 157 Å². The standard InChI is InChI=1S/C64H68BN3S/c1-60(2,3)41-24-27-46(28-25-41)67-53-40-48(66(44-20-16-14-17-21-44)45-22-18-15-19-23-45)30-32-52(53)65-57-54(67)37-43(62(7,8)9)38-55(57)68(47-29-31-50-51(39-47)64(12,13)35-34-63(50,10)11)58-49-36-42(61(4,5)6)26-33-56(49)69-59(58)65/h14-33,36-40H,34-35H2,1-13H3. The van der Waals surface area contributed by atoms with Crippen LogP contribution in [-0.4, -0.2) is 6.71 Å². The van der Waals surface area contributed by atoms with Crippen LogP contribution in [0.5, 0.6) is 0 Å². The predicted octanol–water partition coefficient (Wildman–Crippen LogP) is 16.7. The molecule has 8 aromatic rings. The third-order valence-corrected chi connectivity index (χ3v) is 17.0. The maximum atomic E-state index is 2.70. The van der Waals surface area contributed by atoms with Crippen molar-refractivity contribution in [3.63, 3.8) is 0 Å². The van der Waals surface area contributed by atoms with Gasteiger partial charge in [0.1, 0.15) is 0 Å². The van der Waals surface area contributed by atoms with Crippen molar-refractivity contribution >= 4 is 95.0 Å². The molecule has 0 N–H and O–H groups in total. The summed E-state index contributed by atoms with van der Waals surface area (Å²) in [6.45, 7) is 30.9. The minimum absolute atomic E-state index is 0.00528. The van der Waals surface area contributed by atoms with Crippen LogP contribution in [0.25, 0.3) is 10.1 Å². The molecule has 0 amide bonds. The van der Waals surface area contributed by atoms with Crippen molar-refractivity contribution in [1.29, 1.82) is 0 Å². The molecule has 0 saturated carbocycles. The molecule has 0 unspecified atom stereocenters. The Bertz CT molecular complexity index is 3250. The lowest BCUT2D eigenvalue weighted by molar-refractivity contribution is 0.332. The average molecular weight is 922 g/mol. The second kappa shape index (κ2) is 15.7. The number of para-hydroxylation sites is 2. The summed E-state index contributed by atoms with van der Waals surface area (Å²) in [5.41, 5.74) is 20.6. The first-order chi connectivity index (χ1) is 32.6. The topological polar surface area (TPSA) is 9.72 Å². The third-order valence-electron chi connectivity index (χ3n) is 15.8. The first kappa shape index (κ1) is 45.4. The van der Waals surface area contributed by atoms with Crippen LogP contribution in [0.15, 0.2) is 152 Å². The molecule has 0 radical (unpaired) electrons. The highest BCUT2D eigenvalue weighted by molar-refractivity contribution is 7.33. The van der Waals surface area contributed by atoms with Crippen LogP contribution in [0.1, 0.15) is 131 Å². The molecule has 3 aliphatic rings. The maximum absolute atomic E-state index is 2.70. The Labute approximate surface area is 416 Å². The summed E-state index contributed by atoms with van der Waals surface area (Å²) in [6.07, 6.45) is 2.36. The molecule has 0 bridgehead atoms. The van der Waals surface area contributed by atoms with E-state index in [4.69, 9.17) is 0 Å². The number of rotatable bonds is 5. The lowest BCUT2D eigenvalue weighted by Gasteiger charge is -2.45. The molecule has 3 heterocycles. The van der Waals surface area contributed by atoms with Crippen molar-refractivity contribution in [2.75, 3.05) is 14.7 Å². The zero-order valence-electron chi connectivity index (χ0n) is 43.2. The molecule has 0 fully saturated rings. The fourth-order valence-corrected chi connectivity index (χ4v) is 12.8. The van der Waals surface area contributed by atoms with Gasteiger partial charge in [0.15, 0.2) is 0 Å². The molecule has 69 heavy (non-hydrogen) atoms. The van der Waals surface area contributed by atoms with Gasteiger partial charge in [-0.3, -0.25) is 0 Å². The highest BCUT2D eigenvalue weighted by Gasteiger charge is 2.47. The minimum atomic E-state index is -0.133. The van der Waals surface area contributed by atoms with Crippen LogP contribution in [0.3, 0.4) is 0 Å². The Hall–Kier alpha value is -6.04. The molecule has 1 aliphatic carbocycles. The number of fused-ring (bicyclic) bond motifs is 7. The van der Waals surface area contributed by atoms with Gasteiger partial charge in [0.2, 0.25) is 0 Å². The molecule has 11 rings (SSSR count). The first-order valence-corrected chi connectivity index (χ1v) is 26.1. The van der Waals surface area contributed by atoms with Gasteiger partial charge < -0.3 is 14.7 Å². The van der Waals surface area contributed by atoms with E-state index in [0.717, 1.165) is 17.1 Å². The van der Waals surface area contributed by atoms with Crippen LogP contribution in [0.2, 0.25) is 0 Å². The number of hydrogen-bond donors (Lipinski definition) is 0. The van der Waals surface area contributed by atoms with E-state index in [1.165, 1.54) is 101 Å². The van der Waals surface area contributed by atoms with Crippen molar-refractivity contribution in [3.8, 4) is 0 Å². The van der Waals surface area contributed by atoms with Crippen LogP contribution >= 0.6 is 11.3 Å². The van der Waals surface area contributed by atoms with E-state index < -0.39 is 0 Å². The molecule has 0 saturated heterocycles. The molecule has 7 aromatic carbocycles. The van der Waals surface area contributed by atoms with Crippen molar-refractivity contribution in [1.82, 2.24) is 0 Å². The molecular formula is C64H68BN3S. The summed E-state index contributed by atoms with van der Waals surface area (Å²) in [7, 11) is 0. The van der Waals surface area contributed by atoms with Gasteiger partial charge in [0.05, 0.1) is 5.69 Å². The summed E-state index contributed by atoms with van der Waals surface area (Å²) < 4.78 is 2.74. The van der Waals surface area contributed by atoms with Crippen molar-refractivity contribution in [3.05, 3.63) is 179 Å². The highest BCUT2D eigenvalue weighted by atomic mass is 32.1. The van der Waals surface area contributed by atoms with E-state index in [1.807, 2.05) is 11.3 Å². The first-order valence-electron chi connectivity index (χ1n) is 25.3. The Kier molecular flexibility index (Phi) is 10.4. The van der Waals surface area contributed by atoms with Crippen molar-refractivity contribution in [2.45, 2.75) is 130 Å². The smallest absolute Gasteiger partial charge is 0.264 e. The number of benzene rings is 7. The van der Waals surface area contributed by atoms with E-state index in [1.54, 1.807) is 0 Å². The van der Waals surface area contributed by atoms with E-state index >= 15 is 0 Å². The molecule has 1 aromatic heterocycles. The molecular weight excluding hydrogens is 854 g/mol. The fourth-order valence-electron chi connectivity index (χ4n) is 11.5. The molecule has 2 aliphatic heterocycles. The van der Waals surface area contributed by atoms with Crippen molar-refractivity contribution in [2.24, 2.45) is 0 Å². The van der Waals surface area contributed by atoms with E-state index in [9.17, 15) is 0 Å². The van der Waals surface area contributed by atoms with E-state index in [0.29, 0.717) is 0 Å². The van der Waals surface area contributed by atoms with Gasteiger partial charge in [-0.15, -0.1) is 11.3 Å². The van der Waals surface area contributed by atoms with Gasteiger partial charge in [-0.05, 0) is 164 Å². The summed E-state index contributed by atoms with van der Waals surface area (Å²) >= 11 is 1.99. The van der Waals surface area contributed by atoms with Gasteiger partial charge >= 0.3 is 0 Å². The number of anilines is 9. The largest absolute Gasteiger partial charge is 0.311 e. The Balaban J connectivity index is 1.25. The van der Waals surface area contributed by atoms with Gasteiger partial charge in [0, 0.05) is 60.4 Å².